The Hall–Kier alpha value is -2.60. The first-order valence-electron chi connectivity index (χ1n) is 11.5. The quantitative estimate of drug-likeness (QED) is 0.626. The van der Waals surface area contributed by atoms with Crippen LogP contribution in [0.1, 0.15) is 49.3 Å². The van der Waals surface area contributed by atoms with Crippen LogP contribution in [0.3, 0.4) is 0 Å². The second-order valence-corrected chi connectivity index (χ2v) is 10.2. The van der Waals surface area contributed by atoms with Crippen LogP contribution in [0.2, 0.25) is 5.02 Å². The molecule has 0 spiro atoms. The van der Waals surface area contributed by atoms with Gasteiger partial charge in [-0.1, -0.05) is 30.7 Å². The van der Waals surface area contributed by atoms with Crippen LogP contribution >= 0.6 is 11.6 Å². The summed E-state index contributed by atoms with van der Waals surface area (Å²) in [6.45, 7) is 3.81. The summed E-state index contributed by atoms with van der Waals surface area (Å²) < 4.78 is 14.6. The number of aliphatic imine (C=N–C) groups is 1. The molecule has 1 fully saturated rings. The Morgan fingerprint density at radius 1 is 1.16 bits per heavy atom. The number of nitrogens with zero attached hydrogens (tertiary/aromatic N) is 5. The number of anilines is 2. The number of hydrazone groups is 1. The van der Waals surface area contributed by atoms with Crippen molar-refractivity contribution in [1.82, 2.24) is 5.01 Å². The minimum Gasteiger partial charge on any atom is -0.325 e. The molecule has 0 bridgehead atoms. The highest BCUT2D eigenvalue weighted by Crippen LogP contribution is 2.49. The largest absolute Gasteiger partial charge is 0.325 e. The van der Waals surface area contributed by atoms with Crippen molar-refractivity contribution in [1.29, 1.82) is 0 Å². The van der Waals surface area contributed by atoms with Gasteiger partial charge in [0.1, 0.15) is 18.3 Å². The number of hydrogen-bond acceptors (Lipinski definition) is 5. The fourth-order valence-electron chi connectivity index (χ4n) is 5.12. The maximum Gasteiger partial charge on any atom is 0.250 e. The van der Waals surface area contributed by atoms with Gasteiger partial charge in [0, 0.05) is 24.8 Å². The maximum absolute atomic E-state index is 14.6. The minimum atomic E-state index is -0.422. The average Bonchev–Trinajstić information content (AvgIpc) is 3.39. The van der Waals surface area contributed by atoms with E-state index in [0.717, 1.165) is 42.9 Å². The first-order chi connectivity index (χ1) is 15.4. The normalized spacial score (nSPS) is 20.4. The third kappa shape index (κ3) is 3.27. The molecule has 3 heterocycles. The predicted molar refractivity (Wildman–Crippen MR) is 128 cm³/mol. The number of benzene rings is 2. The topological polar surface area (TPSA) is 34.4 Å². The van der Waals surface area contributed by atoms with Crippen LogP contribution in [0, 0.1) is 11.2 Å². The number of hydrogen-bond donors (Lipinski definition) is 0. The summed E-state index contributed by atoms with van der Waals surface area (Å²) in [4.78, 5) is 9.16. The van der Waals surface area contributed by atoms with Crippen LogP contribution in [0.5, 0.6) is 0 Å². The maximum atomic E-state index is 14.6. The van der Waals surface area contributed by atoms with Gasteiger partial charge in [-0.05, 0) is 73.3 Å². The molecule has 0 unspecified atom stereocenters. The Balaban J connectivity index is 1.43. The van der Waals surface area contributed by atoms with Gasteiger partial charge in [-0.15, -0.1) is 5.10 Å². The molecule has 0 saturated heterocycles. The molecule has 4 aliphatic rings. The molecule has 32 heavy (non-hydrogen) atoms. The molecule has 0 atom stereocenters. The van der Waals surface area contributed by atoms with E-state index in [1.807, 2.05) is 17.0 Å². The second kappa shape index (κ2) is 7.20. The Morgan fingerprint density at radius 2 is 2.00 bits per heavy atom. The van der Waals surface area contributed by atoms with Gasteiger partial charge < -0.3 is 4.90 Å². The lowest BCUT2D eigenvalue weighted by molar-refractivity contribution is 0.393. The third-order valence-corrected chi connectivity index (χ3v) is 7.62. The third-order valence-electron chi connectivity index (χ3n) is 7.33. The molecule has 1 aliphatic carbocycles. The van der Waals surface area contributed by atoms with Gasteiger partial charge in [0.2, 0.25) is 0 Å². The van der Waals surface area contributed by atoms with Crippen molar-refractivity contribution in [2.24, 2.45) is 15.5 Å². The summed E-state index contributed by atoms with van der Waals surface area (Å²) in [5.74, 6) is 0.963. The van der Waals surface area contributed by atoms with Crippen molar-refractivity contribution in [2.45, 2.75) is 45.4 Å². The molecule has 2 aromatic rings. The zero-order chi connectivity index (χ0) is 22.0. The molecule has 3 aliphatic heterocycles. The standard InChI is InChI=1S/C25H27ClFN5/c1-25(10-11-25)9-8-16-5-3-7-21-17(16)6-4-12-31(21)23-18-13-20(27)19(26)14-22(18)32-15-30(2)29-24(32)28-23/h3,5,7,13-14H,4,6,8-12,15H2,1-2H3. The summed E-state index contributed by atoms with van der Waals surface area (Å²) >= 11 is 6.18. The van der Waals surface area contributed by atoms with E-state index in [0.29, 0.717) is 18.0 Å². The SMILES string of the molecule is CN1CN2C(=N1)N=C(N1CCCc3c(CCC4(C)CC4)cccc31)c1cc(F)c(Cl)cc12. The average molecular weight is 452 g/mol. The van der Waals surface area contributed by atoms with Crippen molar-refractivity contribution in [2.75, 3.05) is 30.1 Å². The lowest BCUT2D eigenvalue weighted by Gasteiger charge is -2.37. The van der Waals surface area contributed by atoms with Crippen LogP contribution in [-0.2, 0) is 12.8 Å². The van der Waals surface area contributed by atoms with Crippen molar-refractivity contribution < 1.29 is 4.39 Å². The number of aryl methyl sites for hydroxylation is 1. The lowest BCUT2D eigenvalue weighted by atomic mass is 9.90. The first-order valence-corrected chi connectivity index (χ1v) is 11.8. The molecule has 0 aromatic heterocycles. The van der Waals surface area contributed by atoms with Crippen molar-refractivity contribution in [3.63, 3.8) is 0 Å². The minimum absolute atomic E-state index is 0.119. The highest BCUT2D eigenvalue weighted by atomic mass is 35.5. The molecular weight excluding hydrogens is 425 g/mol. The van der Waals surface area contributed by atoms with E-state index >= 15 is 0 Å². The first kappa shape index (κ1) is 20.0. The second-order valence-electron chi connectivity index (χ2n) is 9.83. The van der Waals surface area contributed by atoms with Gasteiger partial charge in [-0.25, -0.2) is 4.39 Å². The Morgan fingerprint density at radius 3 is 2.81 bits per heavy atom. The van der Waals surface area contributed by atoms with Gasteiger partial charge >= 0.3 is 0 Å². The van der Waals surface area contributed by atoms with E-state index in [1.165, 1.54) is 42.1 Å². The van der Waals surface area contributed by atoms with Gasteiger partial charge in [0.05, 0.1) is 10.7 Å². The fraction of sp³-hybridized carbons (Fsp3) is 0.440. The zero-order valence-corrected chi connectivity index (χ0v) is 19.3. The van der Waals surface area contributed by atoms with Crippen LogP contribution < -0.4 is 9.80 Å². The molecule has 166 valence electrons. The van der Waals surface area contributed by atoms with Crippen molar-refractivity contribution in [3.8, 4) is 0 Å². The molecule has 7 heteroatoms. The number of amidine groups is 1. The van der Waals surface area contributed by atoms with Crippen LogP contribution in [-0.4, -0.2) is 37.1 Å². The van der Waals surface area contributed by atoms with E-state index in [2.05, 4.69) is 35.1 Å². The van der Waals surface area contributed by atoms with E-state index in [4.69, 9.17) is 16.6 Å². The monoisotopic (exact) mass is 451 g/mol. The van der Waals surface area contributed by atoms with Gasteiger partial charge in [0.25, 0.3) is 5.96 Å². The lowest BCUT2D eigenvalue weighted by Crippen LogP contribution is -2.42. The van der Waals surface area contributed by atoms with E-state index in [1.54, 1.807) is 6.07 Å². The molecular formula is C25H27ClFN5. The number of guanidine groups is 1. The molecule has 0 N–H and O–H groups in total. The molecule has 1 saturated carbocycles. The summed E-state index contributed by atoms with van der Waals surface area (Å²) in [6, 6.07) is 9.84. The molecule has 0 amide bonds. The predicted octanol–water partition coefficient (Wildman–Crippen LogP) is 5.41. The Bertz CT molecular complexity index is 1170. The Kier molecular flexibility index (Phi) is 4.51. The van der Waals surface area contributed by atoms with Crippen molar-refractivity contribution >= 4 is 34.8 Å². The highest BCUT2D eigenvalue weighted by molar-refractivity contribution is 6.32. The van der Waals surface area contributed by atoms with E-state index in [9.17, 15) is 4.39 Å². The van der Waals surface area contributed by atoms with Crippen molar-refractivity contribution in [3.05, 3.63) is 57.9 Å². The number of halogens is 2. The van der Waals surface area contributed by atoms with Crippen LogP contribution in [0.4, 0.5) is 15.8 Å². The molecule has 6 rings (SSSR count). The summed E-state index contributed by atoms with van der Waals surface area (Å²) in [5.41, 5.74) is 6.21. The van der Waals surface area contributed by atoms with E-state index in [-0.39, 0.29) is 5.02 Å². The van der Waals surface area contributed by atoms with Crippen LogP contribution in [0.25, 0.3) is 0 Å². The number of fused-ring (bicyclic) bond motifs is 4. The molecule has 2 aromatic carbocycles. The summed E-state index contributed by atoms with van der Waals surface area (Å²) in [6.07, 6.45) is 7.18. The number of rotatable bonds is 3. The molecule has 5 nitrogen and oxygen atoms in total. The highest BCUT2D eigenvalue weighted by Gasteiger charge is 2.37. The summed E-state index contributed by atoms with van der Waals surface area (Å²) in [7, 11) is 1.91. The van der Waals surface area contributed by atoms with Crippen LogP contribution in [0.15, 0.2) is 40.4 Å². The summed E-state index contributed by atoms with van der Waals surface area (Å²) in [5, 5.41) is 6.52. The Labute approximate surface area is 193 Å². The fourth-order valence-corrected chi connectivity index (χ4v) is 5.28. The van der Waals surface area contributed by atoms with Gasteiger partial charge in [-0.3, -0.25) is 9.91 Å². The van der Waals surface area contributed by atoms with E-state index < -0.39 is 5.82 Å². The van der Waals surface area contributed by atoms with Gasteiger partial charge in [-0.2, -0.15) is 4.99 Å². The zero-order valence-electron chi connectivity index (χ0n) is 18.5. The smallest absolute Gasteiger partial charge is 0.250 e. The van der Waals surface area contributed by atoms with Gasteiger partial charge in [0.15, 0.2) is 0 Å². The molecule has 0 radical (unpaired) electrons.